The summed E-state index contributed by atoms with van der Waals surface area (Å²) in [4.78, 5) is 0. The SMILES string of the molecule is CNC(CC(C)C)c1cc(Cl)sc1Cl. The molecule has 1 heterocycles. The van der Waals surface area contributed by atoms with Gasteiger partial charge in [0.25, 0.3) is 0 Å². The Labute approximate surface area is 99.4 Å². The second kappa shape index (κ2) is 5.36. The Morgan fingerprint density at radius 2 is 2.07 bits per heavy atom. The van der Waals surface area contributed by atoms with E-state index in [-0.39, 0.29) is 0 Å². The average Bonchev–Trinajstić information content (AvgIpc) is 2.41. The lowest BCUT2D eigenvalue weighted by atomic mass is 9.99. The van der Waals surface area contributed by atoms with Crippen molar-refractivity contribution in [1.29, 1.82) is 0 Å². The molecule has 80 valence electrons. The molecule has 1 aromatic heterocycles. The second-order valence-electron chi connectivity index (χ2n) is 3.75. The van der Waals surface area contributed by atoms with E-state index >= 15 is 0 Å². The fraction of sp³-hybridized carbons (Fsp3) is 0.600. The lowest BCUT2D eigenvalue weighted by Crippen LogP contribution is -2.17. The van der Waals surface area contributed by atoms with E-state index in [0.29, 0.717) is 12.0 Å². The average molecular weight is 252 g/mol. The molecule has 1 nitrogen and oxygen atoms in total. The predicted molar refractivity (Wildman–Crippen MR) is 65.6 cm³/mol. The van der Waals surface area contributed by atoms with Crippen molar-refractivity contribution in [2.75, 3.05) is 7.05 Å². The molecular weight excluding hydrogens is 237 g/mol. The number of nitrogens with one attached hydrogen (secondary N) is 1. The Balaban J connectivity index is 2.83. The Hall–Kier alpha value is 0.240. The summed E-state index contributed by atoms with van der Waals surface area (Å²) in [5, 5.41) is 3.27. The van der Waals surface area contributed by atoms with E-state index in [4.69, 9.17) is 23.2 Å². The molecule has 1 rings (SSSR count). The van der Waals surface area contributed by atoms with Gasteiger partial charge in [-0.05, 0) is 25.5 Å². The molecule has 0 fully saturated rings. The van der Waals surface area contributed by atoms with E-state index < -0.39 is 0 Å². The first kappa shape index (κ1) is 12.3. The van der Waals surface area contributed by atoms with Gasteiger partial charge in [0.15, 0.2) is 0 Å². The van der Waals surface area contributed by atoms with Crippen molar-refractivity contribution in [2.45, 2.75) is 26.3 Å². The van der Waals surface area contributed by atoms with Crippen LogP contribution in [0.4, 0.5) is 0 Å². The van der Waals surface area contributed by atoms with Crippen molar-refractivity contribution in [2.24, 2.45) is 5.92 Å². The van der Waals surface area contributed by atoms with Gasteiger partial charge in [0.2, 0.25) is 0 Å². The van der Waals surface area contributed by atoms with Gasteiger partial charge < -0.3 is 5.32 Å². The van der Waals surface area contributed by atoms with E-state index in [2.05, 4.69) is 19.2 Å². The van der Waals surface area contributed by atoms with Crippen LogP contribution in [0.1, 0.15) is 31.9 Å². The van der Waals surface area contributed by atoms with Crippen molar-refractivity contribution in [3.8, 4) is 0 Å². The minimum atomic E-state index is 0.311. The van der Waals surface area contributed by atoms with E-state index in [1.165, 1.54) is 11.3 Å². The third-order valence-corrected chi connectivity index (χ3v) is 3.63. The molecule has 0 bridgehead atoms. The zero-order valence-corrected chi connectivity index (χ0v) is 10.9. The monoisotopic (exact) mass is 251 g/mol. The fourth-order valence-electron chi connectivity index (χ4n) is 1.46. The van der Waals surface area contributed by atoms with Crippen LogP contribution in [0.2, 0.25) is 8.67 Å². The molecule has 0 saturated heterocycles. The summed E-state index contributed by atoms with van der Waals surface area (Å²) in [6, 6.07) is 2.27. The van der Waals surface area contributed by atoms with Crippen LogP contribution in [0.15, 0.2) is 6.07 Å². The second-order valence-corrected chi connectivity index (χ2v) is 6.04. The minimum absolute atomic E-state index is 0.311. The van der Waals surface area contributed by atoms with Crippen LogP contribution in [0, 0.1) is 5.92 Å². The maximum Gasteiger partial charge on any atom is 0.0991 e. The molecule has 1 atom stereocenters. The first-order chi connectivity index (χ1) is 6.54. The molecule has 0 radical (unpaired) electrons. The van der Waals surface area contributed by atoms with E-state index in [0.717, 1.165) is 20.7 Å². The Morgan fingerprint density at radius 1 is 1.43 bits per heavy atom. The number of thiophene rings is 1. The number of hydrogen-bond donors (Lipinski definition) is 1. The van der Waals surface area contributed by atoms with Crippen LogP contribution in [0.3, 0.4) is 0 Å². The van der Waals surface area contributed by atoms with Gasteiger partial charge in [0.05, 0.1) is 8.67 Å². The standard InChI is InChI=1S/C10H15Cl2NS/c1-6(2)4-8(13-3)7-5-9(11)14-10(7)12/h5-6,8,13H,4H2,1-3H3. The molecule has 1 N–H and O–H groups in total. The summed E-state index contributed by atoms with van der Waals surface area (Å²) >= 11 is 13.4. The van der Waals surface area contributed by atoms with Gasteiger partial charge in [0.1, 0.15) is 0 Å². The summed E-state index contributed by atoms with van der Waals surface area (Å²) in [6.45, 7) is 4.40. The molecule has 0 saturated carbocycles. The van der Waals surface area contributed by atoms with Gasteiger partial charge in [-0.3, -0.25) is 0 Å². The summed E-state index contributed by atoms with van der Waals surface area (Å²) in [5.41, 5.74) is 1.12. The third-order valence-electron chi connectivity index (χ3n) is 2.11. The van der Waals surface area contributed by atoms with Crippen LogP contribution >= 0.6 is 34.5 Å². The first-order valence-electron chi connectivity index (χ1n) is 4.66. The van der Waals surface area contributed by atoms with Gasteiger partial charge in [-0.1, -0.05) is 37.0 Å². The van der Waals surface area contributed by atoms with Gasteiger partial charge in [-0.25, -0.2) is 0 Å². The molecule has 0 aliphatic rings. The normalized spacial score (nSPS) is 13.6. The van der Waals surface area contributed by atoms with E-state index in [1.54, 1.807) is 0 Å². The van der Waals surface area contributed by atoms with Gasteiger partial charge in [0, 0.05) is 11.6 Å². The molecule has 4 heteroatoms. The molecule has 0 amide bonds. The number of rotatable bonds is 4. The lowest BCUT2D eigenvalue weighted by Gasteiger charge is -2.17. The van der Waals surface area contributed by atoms with Crippen molar-refractivity contribution in [3.05, 3.63) is 20.3 Å². The van der Waals surface area contributed by atoms with Gasteiger partial charge >= 0.3 is 0 Å². The molecule has 0 aromatic carbocycles. The fourth-order valence-corrected chi connectivity index (χ4v) is 3.04. The first-order valence-corrected chi connectivity index (χ1v) is 6.23. The molecule has 14 heavy (non-hydrogen) atoms. The highest BCUT2D eigenvalue weighted by Crippen LogP contribution is 2.36. The van der Waals surface area contributed by atoms with Crippen molar-refractivity contribution in [3.63, 3.8) is 0 Å². The molecule has 0 aliphatic heterocycles. The van der Waals surface area contributed by atoms with Crippen LogP contribution in [0.5, 0.6) is 0 Å². The topological polar surface area (TPSA) is 12.0 Å². The lowest BCUT2D eigenvalue weighted by molar-refractivity contribution is 0.458. The zero-order valence-electron chi connectivity index (χ0n) is 8.60. The smallest absolute Gasteiger partial charge is 0.0991 e. The number of halogens is 2. The van der Waals surface area contributed by atoms with E-state index in [9.17, 15) is 0 Å². The highest BCUT2D eigenvalue weighted by molar-refractivity contribution is 7.20. The van der Waals surface area contributed by atoms with Crippen molar-refractivity contribution in [1.82, 2.24) is 5.32 Å². The summed E-state index contributed by atoms with van der Waals surface area (Å²) < 4.78 is 1.56. The van der Waals surface area contributed by atoms with Crippen LogP contribution < -0.4 is 5.32 Å². The summed E-state index contributed by atoms with van der Waals surface area (Å²) in [7, 11) is 1.95. The zero-order chi connectivity index (χ0) is 10.7. The third kappa shape index (κ3) is 3.13. The molecule has 1 aromatic rings. The molecular formula is C10H15Cl2NS. The quantitative estimate of drug-likeness (QED) is 0.839. The maximum absolute atomic E-state index is 6.10. The van der Waals surface area contributed by atoms with Crippen molar-refractivity contribution >= 4 is 34.5 Å². The summed E-state index contributed by atoms with van der Waals surface area (Å²) in [6.07, 6.45) is 1.07. The van der Waals surface area contributed by atoms with Crippen LogP contribution in [-0.4, -0.2) is 7.05 Å². The Bertz CT molecular complexity index is 296. The molecule has 0 spiro atoms. The maximum atomic E-state index is 6.10. The number of hydrogen-bond acceptors (Lipinski definition) is 2. The van der Waals surface area contributed by atoms with Crippen LogP contribution in [-0.2, 0) is 0 Å². The van der Waals surface area contributed by atoms with Crippen molar-refractivity contribution < 1.29 is 0 Å². The van der Waals surface area contributed by atoms with Gasteiger partial charge in [-0.2, -0.15) is 0 Å². The minimum Gasteiger partial charge on any atom is -0.313 e. The van der Waals surface area contributed by atoms with E-state index in [1.807, 2.05) is 13.1 Å². The van der Waals surface area contributed by atoms with Crippen LogP contribution in [0.25, 0.3) is 0 Å². The highest BCUT2D eigenvalue weighted by Gasteiger charge is 2.16. The predicted octanol–water partition coefficient (Wildman–Crippen LogP) is 4.36. The summed E-state index contributed by atoms with van der Waals surface area (Å²) in [5.74, 6) is 0.641. The molecule has 0 aliphatic carbocycles. The highest BCUT2D eigenvalue weighted by atomic mass is 35.5. The largest absolute Gasteiger partial charge is 0.313 e. The van der Waals surface area contributed by atoms with Gasteiger partial charge in [-0.15, -0.1) is 11.3 Å². The Morgan fingerprint density at radius 3 is 2.43 bits per heavy atom. The molecule has 1 unspecified atom stereocenters. The Kier molecular flexibility index (Phi) is 4.71.